The summed E-state index contributed by atoms with van der Waals surface area (Å²) in [5.74, 6) is -0.553. The van der Waals surface area contributed by atoms with Gasteiger partial charge in [0.1, 0.15) is 6.42 Å². The summed E-state index contributed by atoms with van der Waals surface area (Å²) in [6.45, 7) is 0.459. The smallest absolute Gasteiger partial charge is 0.251 e. The van der Waals surface area contributed by atoms with Gasteiger partial charge >= 0.3 is 0 Å². The number of carbonyl (C=O) groups excluding carboxylic acids is 2. The van der Waals surface area contributed by atoms with Gasteiger partial charge in [0.15, 0.2) is 0 Å². The zero-order chi connectivity index (χ0) is 15.8. The highest BCUT2D eigenvalue weighted by molar-refractivity contribution is 5.96. The molecule has 22 heavy (non-hydrogen) atoms. The maximum Gasteiger partial charge on any atom is 0.251 e. The average Bonchev–Trinajstić information content (AvgIpc) is 2.54. The number of benzene rings is 2. The molecule has 2 rings (SSSR count). The van der Waals surface area contributed by atoms with E-state index in [4.69, 9.17) is 5.26 Å². The van der Waals surface area contributed by atoms with Crippen molar-refractivity contribution in [2.24, 2.45) is 0 Å². The van der Waals surface area contributed by atoms with Gasteiger partial charge in [-0.05, 0) is 29.8 Å². The minimum Gasteiger partial charge on any atom is -0.348 e. The molecule has 0 aliphatic carbocycles. The first-order chi connectivity index (χ1) is 10.7. The normalized spacial score (nSPS) is 9.59. The van der Waals surface area contributed by atoms with Crippen molar-refractivity contribution < 1.29 is 9.59 Å². The molecule has 2 aromatic carbocycles. The van der Waals surface area contributed by atoms with Crippen LogP contribution in [0.3, 0.4) is 0 Å². The number of nitrogens with one attached hydrogen (secondary N) is 2. The van der Waals surface area contributed by atoms with Crippen LogP contribution < -0.4 is 10.6 Å². The van der Waals surface area contributed by atoms with Gasteiger partial charge in [0.2, 0.25) is 5.91 Å². The molecule has 0 radical (unpaired) electrons. The third-order valence-electron chi connectivity index (χ3n) is 2.97. The maximum absolute atomic E-state index is 12.0. The summed E-state index contributed by atoms with van der Waals surface area (Å²) in [5, 5.41) is 13.8. The summed E-state index contributed by atoms with van der Waals surface area (Å²) in [6.07, 6.45) is -0.195. The standard InChI is InChI=1S/C17H15N3O2/c18-11-10-16(21)20-15-8-6-14(7-9-15)17(22)19-12-13-4-2-1-3-5-13/h1-9H,10,12H2,(H,19,22)(H,20,21). The molecule has 0 spiro atoms. The first-order valence-electron chi connectivity index (χ1n) is 6.78. The number of hydrogen-bond donors (Lipinski definition) is 2. The van der Waals surface area contributed by atoms with E-state index in [-0.39, 0.29) is 18.2 Å². The van der Waals surface area contributed by atoms with E-state index in [9.17, 15) is 9.59 Å². The molecule has 0 bridgehead atoms. The molecular weight excluding hydrogens is 278 g/mol. The lowest BCUT2D eigenvalue weighted by Crippen LogP contribution is -2.22. The predicted molar refractivity (Wildman–Crippen MR) is 82.9 cm³/mol. The van der Waals surface area contributed by atoms with Gasteiger partial charge in [-0.25, -0.2) is 0 Å². The minimum atomic E-state index is -0.372. The Labute approximate surface area is 128 Å². The summed E-state index contributed by atoms with van der Waals surface area (Å²) < 4.78 is 0. The Hall–Kier alpha value is -3.13. The number of hydrogen-bond acceptors (Lipinski definition) is 3. The molecule has 0 aliphatic heterocycles. The number of nitrogens with zero attached hydrogens (tertiary/aromatic N) is 1. The van der Waals surface area contributed by atoms with Gasteiger partial charge in [0, 0.05) is 17.8 Å². The van der Waals surface area contributed by atoms with Gasteiger partial charge in [-0.1, -0.05) is 30.3 Å². The van der Waals surface area contributed by atoms with Gasteiger partial charge in [0.25, 0.3) is 5.91 Å². The Kier molecular flexibility index (Phi) is 5.27. The second-order valence-corrected chi connectivity index (χ2v) is 4.63. The molecule has 2 aromatic rings. The molecule has 0 heterocycles. The highest BCUT2D eigenvalue weighted by Gasteiger charge is 2.06. The van der Waals surface area contributed by atoms with Gasteiger partial charge in [-0.15, -0.1) is 0 Å². The monoisotopic (exact) mass is 293 g/mol. The van der Waals surface area contributed by atoms with E-state index in [2.05, 4.69) is 10.6 Å². The Bertz CT molecular complexity index is 688. The van der Waals surface area contributed by atoms with Crippen molar-refractivity contribution in [3.63, 3.8) is 0 Å². The lowest BCUT2D eigenvalue weighted by atomic mass is 10.1. The average molecular weight is 293 g/mol. The molecule has 2 amide bonds. The molecule has 0 unspecified atom stereocenters. The van der Waals surface area contributed by atoms with Crippen molar-refractivity contribution in [1.29, 1.82) is 5.26 Å². The largest absolute Gasteiger partial charge is 0.348 e. The SMILES string of the molecule is N#CCC(=O)Nc1ccc(C(=O)NCc2ccccc2)cc1. The Balaban J connectivity index is 1.91. The molecule has 0 fully saturated rings. The zero-order valence-corrected chi connectivity index (χ0v) is 11.9. The highest BCUT2D eigenvalue weighted by Crippen LogP contribution is 2.10. The molecule has 0 saturated carbocycles. The van der Waals surface area contributed by atoms with Gasteiger partial charge < -0.3 is 10.6 Å². The first-order valence-corrected chi connectivity index (χ1v) is 6.78. The maximum atomic E-state index is 12.0. The number of carbonyl (C=O) groups is 2. The Morgan fingerprint density at radius 3 is 2.32 bits per heavy atom. The lowest BCUT2D eigenvalue weighted by molar-refractivity contribution is -0.115. The van der Waals surface area contributed by atoms with Crippen LogP contribution in [-0.4, -0.2) is 11.8 Å². The van der Waals surface area contributed by atoms with Crippen LogP contribution in [0, 0.1) is 11.3 Å². The van der Waals surface area contributed by atoms with Crippen LogP contribution in [-0.2, 0) is 11.3 Å². The third kappa shape index (κ3) is 4.46. The van der Waals surface area contributed by atoms with Gasteiger partial charge in [-0.2, -0.15) is 5.26 Å². The van der Waals surface area contributed by atoms with E-state index in [1.807, 2.05) is 30.3 Å². The summed E-state index contributed by atoms with van der Waals surface area (Å²) in [4.78, 5) is 23.3. The molecule has 2 N–H and O–H groups in total. The van der Waals surface area contributed by atoms with Gasteiger partial charge in [0.05, 0.1) is 6.07 Å². The predicted octanol–water partition coefficient (Wildman–Crippen LogP) is 2.47. The number of amides is 2. The molecule has 5 heteroatoms. The Morgan fingerprint density at radius 1 is 1.00 bits per heavy atom. The second kappa shape index (κ2) is 7.60. The van der Waals surface area contributed by atoms with Crippen LogP contribution in [0.25, 0.3) is 0 Å². The molecular formula is C17H15N3O2. The zero-order valence-electron chi connectivity index (χ0n) is 11.9. The van der Waals surface area contributed by atoms with E-state index in [1.54, 1.807) is 30.3 Å². The summed E-state index contributed by atoms with van der Waals surface area (Å²) in [5.41, 5.74) is 2.09. The lowest BCUT2D eigenvalue weighted by Gasteiger charge is -2.07. The minimum absolute atomic E-state index is 0.182. The van der Waals surface area contributed by atoms with Gasteiger partial charge in [-0.3, -0.25) is 9.59 Å². The van der Waals surface area contributed by atoms with E-state index in [0.717, 1.165) is 5.56 Å². The first kappa shape index (κ1) is 15.3. The van der Waals surface area contributed by atoms with Crippen LogP contribution in [0.1, 0.15) is 22.3 Å². The third-order valence-corrected chi connectivity index (χ3v) is 2.97. The fourth-order valence-corrected chi connectivity index (χ4v) is 1.86. The van der Waals surface area contributed by atoms with Crippen molar-refractivity contribution in [1.82, 2.24) is 5.32 Å². The number of rotatable bonds is 5. The molecule has 110 valence electrons. The fraction of sp³-hybridized carbons (Fsp3) is 0.118. The van der Waals surface area contributed by atoms with Crippen molar-refractivity contribution in [3.8, 4) is 6.07 Å². The molecule has 0 aromatic heterocycles. The molecule has 5 nitrogen and oxygen atoms in total. The van der Waals surface area contributed by atoms with Crippen molar-refractivity contribution in [2.75, 3.05) is 5.32 Å². The Morgan fingerprint density at radius 2 is 1.68 bits per heavy atom. The fourth-order valence-electron chi connectivity index (χ4n) is 1.86. The summed E-state index contributed by atoms with van der Waals surface area (Å²) >= 11 is 0. The number of anilines is 1. The van der Waals surface area contributed by atoms with E-state index in [1.165, 1.54) is 0 Å². The van der Waals surface area contributed by atoms with E-state index >= 15 is 0 Å². The molecule has 0 saturated heterocycles. The second-order valence-electron chi connectivity index (χ2n) is 4.63. The van der Waals surface area contributed by atoms with E-state index in [0.29, 0.717) is 17.8 Å². The summed E-state index contributed by atoms with van der Waals surface area (Å²) in [6, 6.07) is 17.9. The van der Waals surface area contributed by atoms with Crippen molar-refractivity contribution in [2.45, 2.75) is 13.0 Å². The van der Waals surface area contributed by atoms with Crippen LogP contribution in [0.15, 0.2) is 54.6 Å². The summed E-state index contributed by atoms with van der Waals surface area (Å²) in [7, 11) is 0. The quantitative estimate of drug-likeness (QED) is 0.888. The van der Waals surface area contributed by atoms with Crippen LogP contribution in [0.4, 0.5) is 5.69 Å². The number of nitriles is 1. The molecule has 0 aliphatic rings. The van der Waals surface area contributed by atoms with Crippen molar-refractivity contribution in [3.05, 3.63) is 65.7 Å². The highest BCUT2D eigenvalue weighted by atomic mass is 16.2. The van der Waals surface area contributed by atoms with Crippen LogP contribution in [0.2, 0.25) is 0 Å². The van der Waals surface area contributed by atoms with Crippen molar-refractivity contribution >= 4 is 17.5 Å². The van der Waals surface area contributed by atoms with Crippen LogP contribution >= 0.6 is 0 Å². The molecule has 0 atom stereocenters. The van der Waals surface area contributed by atoms with Crippen LogP contribution in [0.5, 0.6) is 0 Å². The van der Waals surface area contributed by atoms with E-state index < -0.39 is 0 Å². The topological polar surface area (TPSA) is 82.0 Å².